The largest absolute Gasteiger partial charge is 0.507 e. The van der Waals surface area contributed by atoms with Crippen LogP contribution in [0.2, 0.25) is 0 Å². The van der Waals surface area contributed by atoms with E-state index in [9.17, 15) is 14.7 Å². The van der Waals surface area contributed by atoms with Crippen LogP contribution in [0.15, 0.2) is 88.3 Å². The maximum atomic E-state index is 13.6. The predicted molar refractivity (Wildman–Crippen MR) is 132 cm³/mol. The predicted octanol–water partition coefficient (Wildman–Crippen LogP) is 5.77. The minimum Gasteiger partial charge on any atom is -0.507 e. The first-order chi connectivity index (χ1) is 17.0. The van der Waals surface area contributed by atoms with Gasteiger partial charge in [0.1, 0.15) is 34.5 Å². The molecule has 6 rings (SSSR count). The van der Waals surface area contributed by atoms with Crippen molar-refractivity contribution in [3.8, 4) is 28.4 Å². The van der Waals surface area contributed by atoms with Gasteiger partial charge in [-0.3, -0.25) is 9.59 Å². The fourth-order valence-corrected chi connectivity index (χ4v) is 4.92. The molecule has 1 N–H and O–H groups in total. The van der Waals surface area contributed by atoms with E-state index in [0.717, 1.165) is 16.3 Å². The molecule has 35 heavy (non-hydrogen) atoms. The fraction of sp³-hybridized carbons (Fsp3) is 0.103. The maximum Gasteiger partial charge on any atom is 0.312 e. The van der Waals surface area contributed by atoms with Gasteiger partial charge in [0.25, 0.3) is 0 Å². The van der Waals surface area contributed by atoms with Crippen LogP contribution in [0.3, 0.4) is 0 Å². The molecule has 1 unspecified atom stereocenters. The summed E-state index contributed by atoms with van der Waals surface area (Å²) in [5.74, 6) is -0.254. The molecule has 172 valence electrons. The van der Waals surface area contributed by atoms with Crippen molar-refractivity contribution in [3.63, 3.8) is 0 Å². The Hall–Kier alpha value is -4.58. The number of carbonyl (C=O) groups excluding carboxylic acids is 1. The van der Waals surface area contributed by atoms with E-state index in [-0.39, 0.29) is 34.3 Å². The Balaban J connectivity index is 1.61. The molecule has 0 saturated heterocycles. The van der Waals surface area contributed by atoms with Gasteiger partial charge in [0.05, 0.1) is 19.1 Å². The van der Waals surface area contributed by atoms with Crippen molar-refractivity contribution in [1.82, 2.24) is 0 Å². The molecular formula is C29H20O6. The first-order valence-corrected chi connectivity index (χ1v) is 11.2. The number of hydrogen-bond donors (Lipinski definition) is 1. The highest BCUT2D eigenvalue weighted by Crippen LogP contribution is 2.46. The highest BCUT2D eigenvalue weighted by atomic mass is 16.5. The van der Waals surface area contributed by atoms with E-state index in [4.69, 9.17) is 13.9 Å². The van der Waals surface area contributed by atoms with E-state index < -0.39 is 11.9 Å². The number of benzene rings is 4. The lowest BCUT2D eigenvalue weighted by Crippen LogP contribution is -2.22. The van der Waals surface area contributed by atoms with E-state index in [1.54, 1.807) is 31.4 Å². The molecule has 2 heterocycles. The SMILES string of the molecule is COc1ccc(-c2coc3c4c(cc(O)c3c2=O)OC(=O)CC4c2cccc3ccccc23)cc1. The van der Waals surface area contributed by atoms with Crippen molar-refractivity contribution in [2.75, 3.05) is 7.11 Å². The Labute approximate surface area is 200 Å². The maximum absolute atomic E-state index is 13.6. The number of fused-ring (bicyclic) bond motifs is 4. The molecule has 6 nitrogen and oxygen atoms in total. The van der Waals surface area contributed by atoms with E-state index in [1.807, 2.05) is 42.5 Å². The third kappa shape index (κ3) is 3.34. The summed E-state index contributed by atoms with van der Waals surface area (Å²) < 4.78 is 16.7. The zero-order valence-electron chi connectivity index (χ0n) is 18.8. The highest BCUT2D eigenvalue weighted by molar-refractivity contribution is 5.96. The van der Waals surface area contributed by atoms with Crippen molar-refractivity contribution in [1.29, 1.82) is 0 Å². The summed E-state index contributed by atoms with van der Waals surface area (Å²) >= 11 is 0. The van der Waals surface area contributed by atoms with Gasteiger partial charge in [0.2, 0.25) is 5.43 Å². The Kier molecular flexibility index (Phi) is 4.81. The van der Waals surface area contributed by atoms with Gasteiger partial charge < -0.3 is 19.0 Å². The van der Waals surface area contributed by atoms with E-state index in [0.29, 0.717) is 22.4 Å². The topological polar surface area (TPSA) is 86.0 Å². The third-order valence-electron chi connectivity index (χ3n) is 6.57. The molecule has 1 aliphatic heterocycles. The Morgan fingerprint density at radius 1 is 0.971 bits per heavy atom. The summed E-state index contributed by atoms with van der Waals surface area (Å²) in [6.07, 6.45) is 1.48. The number of rotatable bonds is 3. The minimum atomic E-state index is -0.411. The molecule has 0 spiro atoms. The molecule has 0 amide bonds. The number of aromatic hydroxyl groups is 1. The van der Waals surface area contributed by atoms with Crippen LogP contribution in [0, 0.1) is 0 Å². The van der Waals surface area contributed by atoms with Gasteiger partial charge in [0.15, 0.2) is 0 Å². The van der Waals surface area contributed by atoms with Crippen LogP contribution in [0.5, 0.6) is 17.2 Å². The molecule has 1 aliphatic rings. The zero-order valence-corrected chi connectivity index (χ0v) is 18.8. The molecule has 0 bridgehead atoms. The standard InChI is InChI=1S/C29H20O6/c1-33-18-11-9-17(10-12-18)22-15-34-29-26-21(20-8-4-6-16-5-2-3-7-19(16)20)13-25(31)35-24(26)14-23(30)27(29)28(22)32/h2-12,14-15,21,30H,13H2,1H3. The first-order valence-electron chi connectivity index (χ1n) is 11.2. The Morgan fingerprint density at radius 3 is 2.54 bits per heavy atom. The summed E-state index contributed by atoms with van der Waals surface area (Å²) in [5.41, 5.74) is 2.29. The monoisotopic (exact) mass is 464 g/mol. The van der Waals surface area contributed by atoms with E-state index in [2.05, 4.69) is 0 Å². The molecule has 0 saturated carbocycles. The van der Waals surface area contributed by atoms with Crippen LogP contribution >= 0.6 is 0 Å². The molecule has 6 heteroatoms. The second kappa shape index (κ2) is 8.02. The van der Waals surface area contributed by atoms with Crippen LogP contribution in [0.4, 0.5) is 0 Å². The van der Waals surface area contributed by atoms with Gasteiger partial charge in [-0.2, -0.15) is 0 Å². The van der Waals surface area contributed by atoms with Crippen molar-refractivity contribution in [2.45, 2.75) is 12.3 Å². The Morgan fingerprint density at radius 2 is 1.74 bits per heavy atom. The van der Waals surface area contributed by atoms with Crippen LogP contribution in [-0.4, -0.2) is 18.2 Å². The molecule has 0 radical (unpaired) electrons. The van der Waals surface area contributed by atoms with Gasteiger partial charge in [-0.1, -0.05) is 54.6 Å². The summed E-state index contributed by atoms with van der Waals surface area (Å²) in [4.78, 5) is 26.1. The summed E-state index contributed by atoms with van der Waals surface area (Å²) in [6.45, 7) is 0. The number of carbonyl (C=O) groups is 1. The average molecular weight is 464 g/mol. The zero-order chi connectivity index (χ0) is 24.1. The first kappa shape index (κ1) is 21.0. The van der Waals surface area contributed by atoms with Crippen LogP contribution in [0.1, 0.15) is 23.5 Å². The third-order valence-corrected chi connectivity index (χ3v) is 6.57. The van der Waals surface area contributed by atoms with Gasteiger partial charge >= 0.3 is 5.97 Å². The number of methoxy groups -OCH3 is 1. The lowest BCUT2D eigenvalue weighted by atomic mass is 9.82. The van der Waals surface area contributed by atoms with Crippen LogP contribution in [-0.2, 0) is 4.79 Å². The van der Waals surface area contributed by atoms with Crippen molar-refractivity contribution >= 4 is 27.7 Å². The second-order valence-electron chi connectivity index (χ2n) is 8.52. The molecule has 1 aromatic heterocycles. The highest BCUT2D eigenvalue weighted by Gasteiger charge is 2.34. The molecule has 0 aliphatic carbocycles. The summed E-state index contributed by atoms with van der Waals surface area (Å²) in [6, 6.07) is 22.2. The van der Waals surface area contributed by atoms with Gasteiger partial charge in [-0.25, -0.2) is 0 Å². The lowest BCUT2D eigenvalue weighted by Gasteiger charge is -2.26. The molecule has 4 aromatic carbocycles. The number of ether oxygens (including phenoxy) is 2. The summed E-state index contributed by atoms with van der Waals surface area (Å²) in [5, 5.41) is 12.9. The quantitative estimate of drug-likeness (QED) is 0.270. The average Bonchev–Trinajstić information content (AvgIpc) is 2.88. The smallest absolute Gasteiger partial charge is 0.312 e. The van der Waals surface area contributed by atoms with E-state index in [1.165, 1.54) is 12.3 Å². The van der Waals surface area contributed by atoms with Gasteiger partial charge in [-0.15, -0.1) is 0 Å². The lowest BCUT2D eigenvalue weighted by molar-refractivity contribution is -0.135. The number of phenols is 1. The van der Waals surface area contributed by atoms with Gasteiger partial charge in [-0.05, 0) is 34.0 Å². The number of esters is 1. The van der Waals surface area contributed by atoms with Crippen molar-refractivity contribution in [2.24, 2.45) is 0 Å². The van der Waals surface area contributed by atoms with Gasteiger partial charge in [0, 0.05) is 17.5 Å². The minimum absolute atomic E-state index is 0.0558. The van der Waals surface area contributed by atoms with Crippen molar-refractivity contribution in [3.05, 3.63) is 100 Å². The van der Waals surface area contributed by atoms with Crippen molar-refractivity contribution < 1.29 is 23.8 Å². The molecular weight excluding hydrogens is 444 g/mol. The number of phenolic OH excluding ortho intramolecular Hbond substituents is 1. The molecule has 1 atom stereocenters. The normalized spacial score (nSPS) is 15.1. The Bertz CT molecular complexity index is 1680. The van der Waals surface area contributed by atoms with Crippen LogP contribution in [0.25, 0.3) is 32.9 Å². The second-order valence-corrected chi connectivity index (χ2v) is 8.52. The number of hydrogen-bond acceptors (Lipinski definition) is 6. The van der Waals surface area contributed by atoms with Crippen LogP contribution < -0.4 is 14.9 Å². The summed E-state index contributed by atoms with van der Waals surface area (Å²) in [7, 11) is 1.57. The molecule has 5 aromatic rings. The van der Waals surface area contributed by atoms with E-state index >= 15 is 0 Å². The fourth-order valence-electron chi connectivity index (χ4n) is 4.92. The molecule has 0 fully saturated rings.